The van der Waals surface area contributed by atoms with Gasteiger partial charge < -0.3 is 15.5 Å². The molecule has 0 bridgehead atoms. The first-order chi connectivity index (χ1) is 6.20. The Morgan fingerprint density at radius 1 is 1.46 bits per heavy atom. The van der Waals surface area contributed by atoms with Crippen LogP contribution in [0.25, 0.3) is 0 Å². The molecule has 1 unspecified atom stereocenters. The number of thioether (sulfide) groups is 1. The number of aliphatic hydroxyl groups excluding tert-OH is 2. The van der Waals surface area contributed by atoms with Crippen molar-refractivity contribution in [2.24, 2.45) is 5.92 Å². The zero-order valence-corrected chi connectivity index (χ0v) is 8.94. The Kier molecular flexibility index (Phi) is 4.52. The quantitative estimate of drug-likeness (QED) is 0.595. The fourth-order valence-corrected chi connectivity index (χ4v) is 2.58. The molecule has 0 amide bonds. The van der Waals surface area contributed by atoms with E-state index in [4.69, 9.17) is 10.2 Å². The van der Waals surface area contributed by atoms with Crippen LogP contribution in [0.1, 0.15) is 13.3 Å². The van der Waals surface area contributed by atoms with Crippen molar-refractivity contribution in [3.8, 4) is 0 Å². The molecule has 1 aliphatic heterocycles. The lowest BCUT2D eigenvalue weighted by atomic mass is 10.0. The Labute approximate surface area is 83.9 Å². The van der Waals surface area contributed by atoms with Crippen LogP contribution >= 0.6 is 11.8 Å². The van der Waals surface area contributed by atoms with Crippen LogP contribution in [0.15, 0.2) is 0 Å². The number of nitrogens with one attached hydrogen (secondary N) is 1. The largest absolute Gasteiger partial charge is 0.394 e. The van der Waals surface area contributed by atoms with Crippen LogP contribution in [0.3, 0.4) is 0 Å². The molecular formula is C9H19NO2S. The highest BCUT2D eigenvalue weighted by Gasteiger charge is 2.24. The second kappa shape index (κ2) is 5.20. The Balaban J connectivity index is 2.22. The SMILES string of the molecule is CC(CO)(CO)NCC1CCSC1. The van der Waals surface area contributed by atoms with E-state index in [1.807, 2.05) is 18.7 Å². The van der Waals surface area contributed by atoms with Crippen molar-refractivity contribution in [3.05, 3.63) is 0 Å². The van der Waals surface area contributed by atoms with Gasteiger partial charge in [-0.3, -0.25) is 0 Å². The summed E-state index contributed by atoms with van der Waals surface area (Å²) in [4.78, 5) is 0. The zero-order valence-electron chi connectivity index (χ0n) is 8.12. The van der Waals surface area contributed by atoms with E-state index in [9.17, 15) is 0 Å². The van der Waals surface area contributed by atoms with Crippen LogP contribution < -0.4 is 5.32 Å². The lowest BCUT2D eigenvalue weighted by molar-refractivity contribution is 0.101. The molecule has 0 aliphatic carbocycles. The monoisotopic (exact) mass is 205 g/mol. The van der Waals surface area contributed by atoms with Gasteiger partial charge in [-0.05, 0) is 37.3 Å². The summed E-state index contributed by atoms with van der Waals surface area (Å²) >= 11 is 1.98. The van der Waals surface area contributed by atoms with E-state index in [1.54, 1.807) is 0 Å². The summed E-state index contributed by atoms with van der Waals surface area (Å²) in [7, 11) is 0. The van der Waals surface area contributed by atoms with Crippen molar-refractivity contribution < 1.29 is 10.2 Å². The van der Waals surface area contributed by atoms with Gasteiger partial charge in [0.1, 0.15) is 0 Å². The smallest absolute Gasteiger partial charge is 0.0633 e. The molecule has 0 aromatic carbocycles. The fraction of sp³-hybridized carbons (Fsp3) is 1.00. The van der Waals surface area contributed by atoms with Gasteiger partial charge in [-0.15, -0.1) is 0 Å². The summed E-state index contributed by atoms with van der Waals surface area (Å²) in [5.41, 5.74) is -0.507. The lowest BCUT2D eigenvalue weighted by Crippen LogP contribution is -2.50. The molecule has 0 saturated carbocycles. The fourth-order valence-electron chi connectivity index (χ4n) is 1.30. The molecule has 13 heavy (non-hydrogen) atoms. The van der Waals surface area contributed by atoms with Gasteiger partial charge >= 0.3 is 0 Å². The number of rotatable bonds is 5. The molecule has 1 fully saturated rings. The van der Waals surface area contributed by atoms with Crippen LogP contribution in [0.2, 0.25) is 0 Å². The zero-order chi connectivity index (χ0) is 9.73. The van der Waals surface area contributed by atoms with Gasteiger partial charge in [-0.1, -0.05) is 0 Å². The minimum atomic E-state index is -0.507. The third-order valence-corrected chi connectivity index (χ3v) is 3.77. The molecule has 3 nitrogen and oxygen atoms in total. The van der Waals surface area contributed by atoms with Crippen molar-refractivity contribution in [2.75, 3.05) is 31.3 Å². The Morgan fingerprint density at radius 3 is 2.62 bits per heavy atom. The van der Waals surface area contributed by atoms with Gasteiger partial charge in [0, 0.05) is 0 Å². The first-order valence-corrected chi connectivity index (χ1v) is 5.90. The summed E-state index contributed by atoms with van der Waals surface area (Å²) in [5, 5.41) is 21.3. The van der Waals surface area contributed by atoms with Gasteiger partial charge in [-0.2, -0.15) is 11.8 Å². The summed E-state index contributed by atoms with van der Waals surface area (Å²) < 4.78 is 0. The second-order valence-electron chi connectivity index (χ2n) is 3.99. The molecule has 0 aromatic heterocycles. The third-order valence-electron chi connectivity index (χ3n) is 2.54. The molecule has 1 rings (SSSR count). The topological polar surface area (TPSA) is 52.5 Å². The van der Waals surface area contributed by atoms with Crippen molar-refractivity contribution in [1.82, 2.24) is 5.32 Å². The van der Waals surface area contributed by atoms with E-state index in [2.05, 4.69) is 5.32 Å². The molecule has 3 N–H and O–H groups in total. The summed E-state index contributed by atoms with van der Waals surface area (Å²) in [6.07, 6.45) is 1.25. The molecule has 1 heterocycles. The molecule has 0 spiro atoms. The van der Waals surface area contributed by atoms with Crippen molar-refractivity contribution >= 4 is 11.8 Å². The Morgan fingerprint density at radius 2 is 2.15 bits per heavy atom. The van der Waals surface area contributed by atoms with Gasteiger partial charge in [0.15, 0.2) is 0 Å². The molecule has 78 valence electrons. The van der Waals surface area contributed by atoms with E-state index in [0.717, 1.165) is 6.54 Å². The number of aliphatic hydroxyl groups is 2. The van der Waals surface area contributed by atoms with Crippen molar-refractivity contribution in [1.29, 1.82) is 0 Å². The lowest BCUT2D eigenvalue weighted by Gasteiger charge is -2.27. The maximum atomic E-state index is 9.03. The highest BCUT2D eigenvalue weighted by Crippen LogP contribution is 2.23. The van der Waals surface area contributed by atoms with Crippen LogP contribution in [0, 0.1) is 5.92 Å². The van der Waals surface area contributed by atoms with Gasteiger partial charge in [0.05, 0.1) is 18.8 Å². The maximum absolute atomic E-state index is 9.03. The van der Waals surface area contributed by atoms with Gasteiger partial charge in [0.2, 0.25) is 0 Å². The minimum absolute atomic E-state index is 0.0106. The normalized spacial score (nSPS) is 23.8. The predicted molar refractivity (Wildman–Crippen MR) is 56.0 cm³/mol. The predicted octanol–water partition coefficient (Wildman–Crippen LogP) is 0.0724. The molecule has 4 heteroatoms. The molecular weight excluding hydrogens is 186 g/mol. The van der Waals surface area contributed by atoms with E-state index in [-0.39, 0.29) is 13.2 Å². The average molecular weight is 205 g/mol. The molecule has 1 aliphatic rings. The number of hydrogen-bond donors (Lipinski definition) is 3. The standard InChI is InChI=1S/C9H19NO2S/c1-9(6-11,7-12)10-4-8-2-3-13-5-8/h8,10-12H,2-7H2,1H3. The molecule has 0 radical (unpaired) electrons. The Hall–Kier alpha value is 0.230. The summed E-state index contributed by atoms with van der Waals surface area (Å²) in [6, 6.07) is 0. The van der Waals surface area contributed by atoms with E-state index < -0.39 is 5.54 Å². The van der Waals surface area contributed by atoms with E-state index in [0.29, 0.717) is 5.92 Å². The van der Waals surface area contributed by atoms with Gasteiger partial charge in [-0.25, -0.2) is 0 Å². The van der Waals surface area contributed by atoms with Gasteiger partial charge in [0.25, 0.3) is 0 Å². The van der Waals surface area contributed by atoms with Crippen molar-refractivity contribution in [2.45, 2.75) is 18.9 Å². The third kappa shape index (κ3) is 3.46. The Bertz CT molecular complexity index is 145. The molecule has 0 aromatic rings. The highest BCUT2D eigenvalue weighted by atomic mass is 32.2. The van der Waals surface area contributed by atoms with Crippen LogP contribution in [0.5, 0.6) is 0 Å². The average Bonchev–Trinajstić information content (AvgIpc) is 2.67. The van der Waals surface area contributed by atoms with Crippen LogP contribution in [0.4, 0.5) is 0 Å². The maximum Gasteiger partial charge on any atom is 0.0633 e. The number of hydrogen-bond acceptors (Lipinski definition) is 4. The van der Waals surface area contributed by atoms with E-state index >= 15 is 0 Å². The van der Waals surface area contributed by atoms with Crippen LogP contribution in [-0.4, -0.2) is 47.0 Å². The minimum Gasteiger partial charge on any atom is -0.394 e. The van der Waals surface area contributed by atoms with Crippen molar-refractivity contribution in [3.63, 3.8) is 0 Å². The first kappa shape index (κ1) is 11.3. The first-order valence-electron chi connectivity index (χ1n) is 4.75. The summed E-state index contributed by atoms with van der Waals surface area (Å²) in [5.74, 6) is 3.17. The van der Waals surface area contributed by atoms with Crippen LogP contribution in [-0.2, 0) is 0 Å². The second-order valence-corrected chi connectivity index (χ2v) is 5.14. The highest BCUT2D eigenvalue weighted by molar-refractivity contribution is 7.99. The van der Waals surface area contributed by atoms with E-state index in [1.165, 1.54) is 17.9 Å². The summed E-state index contributed by atoms with van der Waals surface area (Å²) in [6.45, 7) is 2.73. The molecule has 1 saturated heterocycles. The molecule has 1 atom stereocenters.